The van der Waals surface area contributed by atoms with Crippen molar-refractivity contribution in [1.29, 1.82) is 0 Å². The molecule has 7 nitrogen and oxygen atoms in total. The monoisotopic (exact) mass is 501 g/mol. The highest BCUT2D eigenvalue weighted by Crippen LogP contribution is 2.41. The molecule has 3 aromatic rings. The Hall–Kier alpha value is -3.68. The Labute approximate surface area is 216 Å². The van der Waals surface area contributed by atoms with Crippen LogP contribution in [0.25, 0.3) is 0 Å². The number of hydrogen-bond donors (Lipinski definition) is 1. The molecule has 1 aliphatic heterocycles. The fraction of sp³-hybridized carbons (Fsp3) is 0.333. The van der Waals surface area contributed by atoms with Crippen LogP contribution in [0.2, 0.25) is 0 Å². The summed E-state index contributed by atoms with van der Waals surface area (Å²) in [7, 11) is 0. The Balaban J connectivity index is 1.33. The van der Waals surface area contributed by atoms with Crippen LogP contribution in [0, 0.1) is 5.92 Å². The first-order valence-electron chi connectivity index (χ1n) is 12.7. The number of ether oxygens (including phenoxy) is 4. The highest BCUT2D eigenvalue weighted by molar-refractivity contribution is 5.96. The molecule has 1 unspecified atom stereocenters. The lowest BCUT2D eigenvalue weighted by molar-refractivity contribution is -0.210. The van der Waals surface area contributed by atoms with Crippen molar-refractivity contribution < 1.29 is 28.5 Å². The number of esters is 1. The molecule has 1 saturated heterocycles. The Morgan fingerprint density at radius 2 is 1.54 bits per heavy atom. The van der Waals surface area contributed by atoms with Gasteiger partial charge in [-0.3, -0.25) is 4.79 Å². The second-order valence-corrected chi connectivity index (χ2v) is 9.34. The number of nitrogens with one attached hydrogen (secondary N) is 1. The minimum Gasteiger partial charge on any atom is -0.488 e. The molecular weight excluding hydrogens is 470 g/mol. The molecule has 2 aliphatic rings. The maximum atomic E-state index is 13.3. The van der Waals surface area contributed by atoms with E-state index in [1.54, 1.807) is 18.2 Å². The fourth-order valence-electron chi connectivity index (χ4n) is 4.91. The summed E-state index contributed by atoms with van der Waals surface area (Å²) < 4.78 is 23.4. The molecular formula is C30H31NO6. The van der Waals surface area contributed by atoms with Gasteiger partial charge < -0.3 is 24.3 Å². The van der Waals surface area contributed by atoms with E-state index in [1.165, 1.54) is 0 Å². The number of benzene rings is 3. The number of rotatable bonds is 8. The van der Waals surface area contributed by atoms with Crippen molar-refractivity contribution in [2.24, 2.45) is 5.92 Å². The van der Waals surface area contributed by atoms with Gasteiger partial charge in [0.05, 0.1) is 19.1 Å². The number of anilines is 1. The third-order valence-corrected chi connectivity index (χ3v) is 6.81. The van der Waals surface area contributed by atoms with Gasteiger partial charge in [0, 0.05) is 18.2 Å². The summed E-state index contributed by atoms with van der Waals surface area (Å²) in [6, 6.07) is 24.2. The highest BCUT2D eigenvalue weighted by Gasteiger charge is 2.49. The summed E-state index contributed by atoms with van der Waals surface area (Å²) >= 11 is 0. The third kappa shape index (κ3) is 6.01. The Kier molecular flexibility index (Phi) is 7.82. The minimum absolute atomic E-state index is 0.153. The van der Waals surface area contributed by atoms with Gasteiger partial charge in [0.2, 0.25) is 5.91 Å². The van der Waals surface area contributed by atoms with E-state index in [4.69, 9.17) is 18.9 Å². The van der Waals surface area contributed by atoms with Crippen LogP contribution in [0.1, 0.15) is 47.2 Å². The van der Waals surface area contributed by atoms with Crippen LogP contribution in [-0.4, -0.2) is 30.9 Å². The van der Waals surface area contributed by atoms with Gasteiger partial charge in [-0.05, 0) is 36.1 Å². The van der Waals surface area contributed by atoms with Crippen molar-refractivity contribution in [2.75, 3.05) is 18.5 Å². The quantitative estimate of drug-likeness (QED) is 0.411. The maximum absolute atomic E-state index is 13.3. The summed E-state index contributed by atoms with van der Waals surface area (Å²) in [5, 5.41) is 2.99. The molecule has 1 N–H and O–H groups in total. The van der Waals surface area contributed by atoms with Gasteiger partial charge in [0.1, 0.15) is 24.5 Å². The van der Waals surface area contributed by atoms with Crippen molar-refractivity contribution in [3.8, 4) is 5.75 Å². The normalized spacial score (nSPS) is 18.3. The zero-order valence-corrected chi connectivity index (χ0v) is 20.7. The van der Waals surface area contributed by atoms with Gasteiger partial charge in [0.15, 0.2) is 5.79 Å². The predicted octanol–water partition coefficient (Wildman–Crippen LogP) is 5.49. The first-order chi connectivity index (χ1) is 18.1. The van der Waals surface area contributed by atoms with Gasteiger partial charge in [-0.1, -0.05) is 67.1 Å². The number of carbonyl (C=O) groups is 2. The lowest BCUT2D eigenvalue weighted by Crippen LogP contribution is -2.47. The second kappa shape index (κ2) is 11.6. The molecule has 7 heteroatoms. The van der Waals surface area contributed by atoms with E-state index in [0.717, 1.165) is 24.0 Å². The van der Waals surface area contributed by atoms with Crippen molar-refractivity contribution in [1.82, 2.24) is 0 Å². The van der Waals surface area contributed by atoms with Crippen LogP contribution >= 0.6 is 0 Å². The summed E-state index contributed by atoms with van der Waals surface area (Å²) in [6.07, 6.45) is 3.33. The zero-order chi connectivity index (χ0) is 25.5. The first kappa shape index (κ1) is 25.0. The maximum Gasteiger partial charge on any atom is 0.342 e. The van der Waals surface area contributed by atoms with E-state index >= 15 is 0 Å². The van der Waals surface area contributed by atoms with Crippen LogP contribution in [0.15, 0.2) is 78.9 Å². The van der Waals surface area contributed by atoms with Gasteiger partial charge in [0.25, 0.3) is 0 Å². The smallest absolute Gasteiger partial charge is 0.342 e. The van der Waals surface area contributed by atoms with E-state index in [2.05, 4.69) is 5.32 Å². The molecule has 1 aliphatic carbocycles. The van der Waals surface area contributed by atoms with Crippen LogP contribution in [0.3, 0.4) is 0 Å². The minimum atomic E-state index is -0.837. The molecule has 1 amide bonds. The van der Waals surface area contributed by atoms with Gasteiger partial charge >= 0.3 is 5.97 Å². The summed E-state index contributed by atoms with van der Waals surface area (Å²) in [5.74, 6) is -1.55. The largest absolute Gasteiger partial charge is 0.488 e. The van der Waals surface area contributed by atoms with E-state index in [9.17, 15) is 9.59 Å². The molecule has 5 rings (SSSR count). The first-order valence-corrected chi connectivity index (χ1v) is 12.7. The third-order valence-electron chi connectivity index (χ3n) is 6.81. The molecule has 1 spiro atoms. The average molecular weight is 502 g/mol. The molecule has 0 radical (unpaired) electrons. The standard InChI is InChI=1S/C30H31NO6/c32-28(26-13-7-8-16-30(26)36-17-18-37-30)31-24-14-15-25(29(33)35-21-23-11-5-2-6-12-23)27(19-24)34-20-22-9-3-1-4-10-22/h1-6,9-12,14-15,19,26H,7-8,13,16-18,20-21H2,(H,31,32). The van der Waals surface area contributed by atoms with Crippen molar-refractivity contribution >= 4 is 17.6 Å². The molecule has 192 valence electrons. The van der Waals surface area contributed by atoms with E-state index in [-0.39, 0.29) is 19.1 Å². The van der Waals surface area contributed by atoms with Gasteiger partial charge in [-0.15, -0.1) is 0 Å². The van der Waals surface area contributed by atoms with E-state index < -0.39 is 17.7 Å². The second-order valence-electron chi connectivity index (χ2n) is 9.34. The van der Waals surface area contributed by atoms with Gasteiger partial charge in [-0.25, -0.2) is 4.79 Å². The van der Waals surface area contributed by atoms with Crippen LogP contribution in [-0.2, 0) is 32.2 Å². The molecule has 0 aromatic heterocycles. The van der Waals surface area contributed by atoms with Crippen molar-refractivity contribution in [2.45, 2.75) is 44.7 Å². The Bertz CT molecular complexity index is 1210. The Morgan fingerprint density at radius 3 is 2.24 bits per heavy atom. The highest BCUT2D eigenvalue weighted by atomic mass is 16.7. The summed E-state index contributed by atoms with van der Waals surface area (Å²) in [6.45, 7) is 1.42. The molecule has 37 heavy (non-hydrogen) atoms. The number of amides is 1. The summed E-state index contributed by atoms with van der Waals surface area (Å²) in [5.41, 5.74) is 2.68. The molecule has 1 saturated carbocycles. The fourth-order valence-corrected chi connectivity index (χ4v) is 4.91. The van der Waals surface area contributed by atoms with Crippen LogP contribution in [0.4, 0.5) is 5.69 Å². The van der Waals surface area contributed by atoms with Crippen molar-refractivity contribution in [3.05, 3.63) is 95.6 Å². The van der Waals surface area contributed by atoms with E-state index in [0.29, 0.717) is 43.1 Å². The molecule has 1 atom stereocenters. The molecule has 1 heterocycles. The van der Waals surface area contributed by atoms with Crippen LogP contribution < -0.4 is 10.1 Å². The lowest BCUT2D eigenvalue weighted by Gasteiger charge is -2.38. The average Bonchev–Trinajstić information content (AvgIpc) is 3.40. The van der Waals surface area contributed by atoms with Crippen molar-refractivity contribution in [3.63, 3.8) is 0 Å². The number of carbonyl (C=O) groups excluding carboxylic acids is 2. The molecule has 2 fully saturated rings. The predicted molar refractivity (Wildman–Crippen MR) is 138 cm³/mol. The Morgan fingerprint density at radius 1 is 0.865 bits per heavy atom. The number of hydrogen-bond acceptors (Lipinski definition) is 6. The zero-order valence-electron chi connectivity index (χ0n) is 20.7. The lowest BCUT2D eigenvalue weighted by atomic mass is 9.82. The summed E-state index contributed by atoms with van der Waals surface area (Å²) in [4.78, 5) is 26.3. The molecule has 0 bridgehead atoms. The molecule has 3 aromatic carbocycles. The van der Waals surface area contributed by atoms with Crippen LogP contribution in [0.5, 0.6) is 5.75 Å². The van der Waals surface area contributed by atoms with Gasteiger partial charge in [-0.2, -0.15) is 0 Å². The van der Waals surface area contributed by atoms with E-state index in [1.807, 2.05) is 60.7 Å². The SMILES string of the molecule is O=C(OCc1ccccc1)c1ccc(NC(=O)C2CCCCC23OCCO3)cc1OCc1ccccc1. The topological polar surface area (TPSA) is 83.1 Å².